The van der Waals surface area contributed by atoms with Crippen molar-refractivity contribution in [2.45, 2.75) is 57.6 Å². The molecule has 0 radical (unpaired) electrons. The molecule has 0 bridgehead atoms. The van der Waals surface area contributed by atoms with E-state index in [-0.39, 0.29) is 5.91 Å². The van der Waals surface area contributed by atoms with Crippen molar-refractivity contribution in [3.63, 3.8) is 0 Å². The molecule has 2 rings (SSSR count). The second kappa shape index (κ2) is 7.53. The lowest BCUT2D eigenvalue weighted by atomic mass is 9.95. The van der Waals surface area contributed by atoms with Gasteiger partial charge in [0, 0.05) is 11.1 Å². The van der Waals surface area contributed by atoms with Gasteiger partial charge in [-0.3, -0.25) is 4.79 Å². The smallest absolute Gasteiger partial charge is 0.261 e. The fourth-order valence-corrected chi connectivity index (χ4v) is 2.67. The first-order chi connectivity index (χ1) is 9.69. The zero-order valence-electron chi connectivity index (χ0n) is 11.9. The van der Waals surface area contributed by atoms with E-state index in [4.69, 9.17) is 16.3 Å². The van der Waals surface area contributed by atoms with Gasteiger partial charge in [-0.05, 0) is 43.5 Å². The van der Waals surface area contributed by atoms with E-state index in [1.54, 1.807) is 24.3 Å². The molecule has 1 aliphatic rings. The fourth-order valence-electron chi connectivity index (χ4n) is 2.54. The lowest BCUT2D eigenvalue weighted by Crippen LogP contribution is -2.44. The average Bonchev–Trinajstić information content (AvgIpc) is 2.47. The Morgan fingerprint density at radius 3 is 2.55 bits per heavy atom. The summed E-state index contributed by atoms with van der Waals surface area (Å²) in [7, 11) is 0. The molecule has 1 aromatic carbocycles. The third-order valence-corrected chi connectivity index (χ3v) is 3.96. The first-order valence-corrected chi connectivity index (χ1v) is 7.79. The van der Waals surface area contributed by atoms with Crippen LogP contribution in [0.2, 0.25) is 5.02 Å². The maximum atomic E-state index is 12.3. The van der Waals surface area contributed by atoms with Crippen LogP contribution in [-0.2, 0) is 4.79 Å². The minimum absolute atomic E-state index is 0.00523. The molecule has 0 spiro atoms. The summed E-state index contributed by atoms with van der Waals surface area (Å²) >= 11 is 5.84. The Morgan fingerprint density at radius 2 is 1.95 bits per heavy atom. The van der Waals surface area contributed by atoms with E-state index in [0.717, 1.165) is 12.8 Å². The van der Waals surface area contributed by atoms with Crippen molar-refractivity contribution in [1.29, 1.82) is 0 Å². The zero-order chi connectivity index (χ0) is 14.4. The minimum Gasteiger partial charge on any atom is -0.481 e. The topological polar surface area (TPSA) is 38.3 Å². The van der Waals surface area contributed by atoms with Gasteiger partial charge in [-0.15, -0.1) is 0 Å². The lowest BCUT2D eigenvalue weighted by Gasteiger charge is -2.25. The standard InChI is InChI=1S/C16H22ClNO2/c1-2-15(20-14-10-8-12(17)9-11-14)16(19)18-13-6-4-3-5-7-13/h8-11,13,15H,2-7H2,1H3,(H,18,19)/t15-/m0/s1. The minimum atomic E-state index is -0.432. The second-order valence-electron chi connectivity index (χ2n) is 5.31. The summed E-state index contributed by atoms with van der Waals surface area (Å²) in [5, 5.41) is 3.78. The molecular formula is C16H22ClNO2. The van der Waals surface area contributed by atoms with E-state index in [2.05, 4.69) is 5.32 Å². The van der Waals surface area contributed by atoms with Crippen molar-refractivity contribution in [2.24, 2.45) is 0 Å². The lowest BCUT2D eigenvalue weighted by molar-refractivity contribution is -0.129. The normalized spacial score (nSPS) is 17.5. The first kappa shape index (κ1) is 15.2. The van der Waals surface area contributed by atoms with E-state index < -0.39 is 6.10 Å². The highest BCUT2D eigenvalue weighted by molar-refractivity contribution is 6.30. The van der Waals surface area contributed by atoms with Gasteiger partial charge in [-0.2, -0.15) is 0 Å². The molecule has 1 N–H and O–H groups in total. The van der Waals surface area contributed by atoms with Crippen LogP contribution in [0.1, 0.15) is 45.4 Å². The summed E-state index contributed by atoms with van der Waals surface area (Å²) in [6.07, 6.45) is 6.09. The van der Waals surface area contributed by atoms with E-state index in [1.165, 1.54) is 19.3 Å². The van der Waals surface area contributed by atoms with Crippen LogP contribution in [0.4, 0.5) is 0 Å². The predicted molar refractivity (Wildman–Crippen MR) is 81.2 cm³/mol. The Kier molecular flexibility index (Phi) is 5.72. The number of carbonyl (C=O) groups excluding carboxylic acids is 1. The Bertz CT molecular complexity index is 427. The number of carbonyl (C=O) groups is 1. The van der Waals surface area contributed by atoms with Crippen LogP contribution in [-0.4, -0.2) is 18.1 Å². The number of amides is 1. The molecule has 0 heterocycles. The molecule has 1 aromatic rings. The summed E-state index contributed by atoms with van der Waals surface area (Å²) in [5.74, 6) is 0.675. The van der Waals surface area contributed by atoms with Crippen LogP contribution in [0.5, 0.6) is 5.75 Å². The maximum Gasteiger partial charge on any atom is 0.261 e. The summed E-state index contributed by atoms with van der Waals surface area (Å²) < 4.78 is 5.75. The number of ether oxygens (including phenoxy) is 1. The quantitative estimate of drug-likeness (QED) is 0.893. The van der Waals surface area contributed by atoms with Crippen molar-refractivity contribution >= 4 is 17.5 Å². The Balaban J connectivity index is 1.89. The molecule has 20 heavy (non-hydrogen) atoms. The molecule has 1 amide bonds. The van der Waals surface area contributed by atoms with Crippen molar-refractivity contribution in [3.8, 4) is 5.75 Å². The number of hydrogen-bond acceptors (Lipinski definition) is 2. The zero-order valence-corrected chi connectivity index (χ0v) is 12.7. The van der Waals surface area contributed by atoms with Crippen molar-refractivity contribution in [3.05, 3.63) is 29.3 Å². The van der Waals surface area contributed by atoms with Crippen molar-refractivity contribution in [2.75, 3.05) is 0 Å². The average molecular weight is 296 g/mol. The number of hydrogen-bond donors (Lipinski definition) is 1. The fraction of sp³-hybridized carbons (Fsp3) is 0.562. The van der Waals surface area contributed by atoms with Gasteiger partial charge < -0.3 is 10.1 Å². The van der Waals surface area contributed by atoms with E-state index in [0.29, 0.717) is 23.2 Å². The number of rotatable bonds is 5. The monoisotopic (exact) mass is 295 g/mol. The Morgan fingerprint density at radius 1 is 1.30 bits per heavy atom. The molecular weight excluding hydrogens is 274 g/mol. The molecule has 0 unspecified atom stereocenters. The SMILES string of the molecule is CC[C@H](Oc1ccc(Cl)cc1)C(=O)NC1CCCCC1. The van der Waals surface area contributed by atoms with Gasteiger partial charge >= 0.3 is 0 Å². The first-order valence-electron chi connectivity index (χ1n) is 7.41. The predicted octanol–water partition coefficient (Wildman–Crippen LogP) is 3.95. The molecule has 0 aliphatic heterocycles. The summed E-state index contributed by atoms with van der Waals surface area (Å²) in [6, 6.07) is 7.43. The van der Waals surface area contributed by atoms with Crippen LogP contribution in [0.25, 0.3) is 0 Å². The molecule has 110 valence electrons. The largest absolute Gasteiger partial charge is 0.481 e. The highest BCUT2D eigenvalue weighted by Gasteiger charge is 2.22. The van der Waals surface area contributed by atoms with Gasteiger partial charge in [0.1, 0.15) is 5.75 Å². The third-order valence-electron chi connectivity index (χ3n) is 3.71. The van der Waals surface area contributed by atoms with Crippen molar-refractivity contribution < 1.29 is 9.53 Å². The van der Waals surface area contributed by atoms with Crippen LogP contribution < -0.4 is 10.1 Å². The highest BCUT2D eigenvalue weighted by Crippen LogP contribution is 2.20. The van der Waals surface area contributed by atoms with Crippen LogP contribution in [0.15, 0.2) is 24.3 Å². The summed E-state index contributed by atoms with van der Waals surface area (Å²) in [4.78, 5) is 12.3. The number of nitrogens with one attached hydrogen (secondary N) is 1. The van der Waals surface area contributed by atoms with Crippen LogP contribution in [0.3, 0.4) is 0 Å². The maximum absolute atomic E-state index is 12.3. The van der Waals surface area contributed by atoms with Gasteiger partial charge in [-0.1, -0.05) is 37.8 Å². The highest BCUT2D eigenvalue weighted by atomic mass is 35.5. The Labute approximate surface area is 125 Å². The van der Waals surface area contributed by atoms with Crippen molar-refractivity contribution in [1.82, 2.24) is 5.32 Å². The summed E-state index contributed by atoms with van der Waals surface area (Å²) in [6.45, 7) is 1.96. The number of halogens is 1. The van der Waals surface area contributed by atoms with Gasteiger partial charge in [0.05, 0.1) is 0 Å². The molecule has 4 heteroatoms. The molecule has 1 aliphatic carbocycles. The molecule has 0 aromatic heterocycles. The molecule has 1 fully saturated rings. The Hall–Kier alpha value is -1.22. The third kappa shape index (κ3) is 4.41. The van der Waals surface area contributed by atoms with Gasteiger partial charge in [-0.25, -0.2) is 0 Å². The van der Waals surface area contributed by atoms with Crippen LogP contribution >= 0.6 is 11.6 Å². The molecule has 1 atom stereocenters. The molecule has 3 nitrogen and oxygen atoms in total. The second-order valence-corrected chi connectivity index (χ2v) is 5.75. The number of benzene rings is 1. The van der Waals surface area contributed by atoms with E-state index >= 15 is 0 Å². The summed E-state index contributed by atoms with van der Waals surface area (Å²) in [5.41, 5.74) is 0. The molecule has 1 saturated carbocycles. The van der Waals surface area contributed by atoms with Gasteiger partial charge in [0.2, 0.25) is 0 Å². The molecule has 0 saturated heterocycles. The van der Waals surface area contributed by atoms with E-state index in [9.17, 15) is 4.79 Å². The van der Waals surface area contributed by atoms with Crippen LogP contribution in [0, 0.1) is 0 Å². The van der Waals surface area contributed by atoms with Gasteiger partial charge in [0.15, 0.2) is 6.10 Å². The van der Waals surface area contributed by atoms with Gasteiger partial charge in [0.25, 0.3) is 5.91 Å². The van der Waals surface area contributed by atoms with E-state index in [1.807, 2.05) is 6.92 Å².